The number of nitrogens with zero attached hydrogens (tertiary/aromatic N) is 1. The van der Waals surface area contributed by atoms with Crippen LogP contribution in [0.15, 0.2) is 40.1 Å². The lowest BCUT2D eigenvalue weighted by Crippen LogP contribution is -2.41. The number of nitrogens with one attached hydrogen (secondary N) is 3. The molecule has 0 aliphatic heterocycles. The fourth-order valence-electron chi connectivity index (χ4n) is 3.50. The lowest BCUT2D eigenvalue weighted by molar-refractivity contribution is -0.122. The number of rotatable bonds is 6. The summed E-state index contributed by atoms with van der Waals surface area (Å²) < 4.78 is 1.17. The summed E-state index contributed by atoms with van der Waals surface area (Å²) in [4.78, 5) is 49.9. The second kappa shape index (κ2) is 9.09. The van der Waals surface area contributed by atoms with Gasteiger partial charge in [-0.05, 0) is 37.8 Å². The number of H-pyrrole nitrogens is 1. The van der Waals surface area contributed by atoms with Gasteiger partial charge in [-0.25, -0.2) is 4.79 Å². The maximum atomic E-state index is 12.3. The largest absolute Gasteiger partial charge is 0.353 e. The molecule has 9 heteroatoms. The molecule has 0 radical (unpaired) electrons. The van der Waals surface area contributed by atoms with Gasteiger partial charge in [0.1, 0.15) is 6.54 Å². The molecule has 2 atom stereocenters. The van der Waals surface area contributed by atoms with Gasteiger partial charge >= 0.3 is 5.69 Å². The van der Waals surface area contributed by atoms with E-state index in [2.05, 4.69) is 15.6 Å². The van der Waals surface area contributed by atoms with Crippen LogP contribution in [-0.2, 0) is 22.6 Å². The van der Waals surface area contributed by atoms with Crippen molar-refractivity contribution in [3.8, 4) is 0 Å². The molecule has 0 unspecified atom stereocenters. The third-order valence-electron chi connectivity index (χ3n) is 4.97. The molecular weight excluding hydrogens is 396 g/mol. The molecule has 3 N–H and O–H groups in total. The Kier molecular flexibility index (Phi) is 6.53. The summed E-state index contributed by atoms with van der Waals surface area (Å²) in [5.41, 5.74) is 0.0559. The molecule has 0 saturated heterocycles. The Bertz CT molecular complexity index is 1030. The number of hydrogen-bond donors (Lipinski definition) is 3. The number of amides is 2. The minimum atomic E-state index is -0.619. The first-order valence-corrected chi connectivity index (χ1v) is 9.82. The monoisotopic (exact) mass is 418 g/mol. The molecule has 1 saturated carbocycles. The fourth-order valence-corrected chi connectivity index (χ4v) is 3.70. The lowest BCUT2D eigenvalue weighted by Gasteiger charge is -2.15. The highest BCUT2D eigenvalue weighted by Gasteiger charge is 2.27. The summed E-state index contributed by atoms with van der Waals surface area (Å²) in [5, 5.41) is 6.44. The van der Waals surface area contributed by atoms with Crippen molar-refractivity contribution in [3.63, 3.8) is 0 Å². The zero-order chi connectivity index (χ0) is 21.0. The predicted octanol–water partition coefficient (Wildman–Crippen LogP) is 0.895. The van der Waals surface area contributed by atoms with Gasteiger partial charge in [0, 0.05) is 28.9 Å². The number of carbonyl (C=O) groups excluding carboxylic acids is 2. The molecule has 1 aromatic heterocycles. The molecule has 1 aliphatic rings. The van der Waals surface area contributed by atoms with Crippen LogP contribution in [0.3, 0.4) is 0 Å². The van der Waals surface area contributed by atoms with Gasteiger partial charge in [0.2, 0.25) is 11.8 Å². The maximum Gasteiger partial charge on any atom is 0.328 e. The van der Waals surface area contributed by atoms with Crippen molar-refractivity contribution in [1.29, 1.82) is 0 Å². The highest BCUT2D eigenvalue weighted by molar-refractivity contribution is 6.31. The van der Waals surface area contributed by atoms with E-state index in [0.29, 0.717) is 17.0 Å². The van der Waals surface area contributed by atoms with E-state index in [4.69, 9.17) is 11.6 Å². The number of aromatic nitrogens is 2. The third-order valence-corrected chi connectivity index (χ3v) is 5.34. The molecule has 3 rings (SSSR count). The molecule has 1 aliphatic carbocycles. The van der Waals surface area contributed by atoms with Gasteiger partial charge in [0.05, 0.1) is 6.42 Å². The van der Waals surface area contributed by atoms with Crippen molar-refractivity contribution in [2.45, 2.75) is 51.2 Å². The van der Waals surface area contributed by atoms with Crippen molar-refractivity contribution >= 4 is 23.4 Å². The van der Waals surface area contributed by atoms with Crippen LogP contribution in [0.2, 0.25) is 5.02 Å². The minimum Gasteiger partial charge on any atom is -0.353 e. The van der Waals surface area contributed by atoms with Gasteiger partial charge in [-0.1, -0.05) is 29.8 Å². The summed E-state index contributed by atoms with van der Waals surface area (Å²) in [6.07, 6.45) is 3.70. The molecule has 2 amide bonds. The summed E-state index contributed by atoms with van der Waals surface area (Å²) >= 11 is 6.09. The molecular formula is C20H23ClN4O4. The summed E-state index contributed by atoms with van der Waals surface area (Å²) in [7, 11) is 0. The molecule has 0 bridgehead atoms. The van der Waals surface area contributed by atoms with E-state index in [-0.39, 0.29) is 36.9 Å². The van der Waals surface area contributed by atoms with Crippen LogP contribution in [0.1, 0.15) is 30.4 Å². The minimum absolute atomic E-state index is 0.0201. The summed E-state index contributed by atoms with van der Waals surface area (Å²) in [6.45, 7) is 1.40. The first-order valence-electron chi connectivity index (χ1n) is 9.44. The van der Waals surface area contributed by atoms with Crippen LogP contribution in [0.5, 0.6) is 0 Å². The Balaban J connectivity index is 1.48. The van der Waals surface area contributed by atoms with Gasteiger partial charge < -0.3 is 10.6 Å². The zero-order valence-corrected chi connectivity index (χ0v) is 16.8. The fraction of sp³-hybridized carbons (Fsp3) is 0.400. The number of hydrogen-bond acceptors (Lipinski definition) is 4. The average Bonchev–Trinajstić information content (AvgIpc) is 3.08. The van der Waals surface area contributed by atoms with Crippen LogP contribution in [0, 0.1) is 6.92 Å². The average molecular weight is 419 g/mol. The van der Waals surface area contributed by atoms with E-state index in [9.17, 15) is 19.2 Å². The molecule has 29 heavy (non-hydrogen) atoms. The number of benzene rings is 1. The Labute approximate surface area is 172 Å². The third kappa shape index (κ3) is 5.57. The maximum absolute atomic E-state index is 12.3. The van der Waals surface area contributed by atoms with Crippen molar-refractivity contribution in [2.75, 3.05) is 0 Å². The Hall–Kier alpha value is -2.87. The highest BCUT2D eigenvalue weighted by Crippen LogP contribution is 2.20. The summed E-state index contributed by atoms with van der Waals surface area (Å²) in [5.74, 6) is -0.420. The normalized spacial score (nSPS) is 18.4. The van der Waals surface area contributed by atoms with Crippen molar-refractivity contribution < 1.29 is 9.59 Å². The van der Waals surface area contributed by atoms with Gasteiger partial charge in [0.25, 0.3) is 5.56 Å². The molecule has 1 aromatic carbocycles. The molecule has 1 fully saturated rings. The second-order valence-electron chi connectivity index (χ2n) is 7.31. The second-order valence-corrected chi connectivity index (χ2v) is 7.72. The number of halogens is 1. The smallest absolute Gasteiger partial charge is 0.328 e. The Morgan fingerprint density at radius 2 is 1.79 bits per heavy atom. The standard InChI is InChI=1S/C20H23ClN4O4/c1-12-10-25(20(29)24-19(12)28)11-18(27)23-15-7-6-14(9-15)22-17(26)8-13-4-2-3-5-16(13)21/h2-5,10,14-15H,6-9,11H2,1H3,(H,22,26)(H,23,27)(H,24,28,29)/t14-,15+/m1/s1. The first-order chi connectivity index (χ1) is 13.8. The van der Waals surface area contributed by atoms with Crippen LogP contribution >= 0.6 is 11.6 Å². The van der Waals surface area contributed by atoms with Gasteiger partial charge in [0.15, 0.2) is 0 Å². The van der Waals surface area contributed by atoms with E-state index >= 15 is 0 Å². The molecule has 2 aromatic rings. The summed E-state index contributed by atoms with van der Waals surface area (Å²) in [6, 6.07) is 7.13. The van der Waals surface area contributed by atoms with E-state index < -0.39 is 11.2 Å². The van der Waals surface area contributed by atoms with Crippen LogP contribution in [0.25, 0.3) is 0 Å². The van der Waals surface area contributed by atoms with E-state index in [1.54, 1.807) is 13.0 Å². The SMILES string of the molecule is Cc1cn(CC(=O)N[C@H]2CC[C@@H](NC(=O)Cc3ccccc3Cl)C2)c(=O)[nH]c1=O. The lowest BCUT2D eigenvalue weighted by atomic mass is 10.1. The number of aryl methyl sites for hydroxylation is 1. The molecule has 0 spiro atoms. The van der Waals surface area contributed by atoms with E-state index in [1.807, 2.05) is 18.2 Å². The molecule has 8 nitrogen and oxygen atoms in total. The Morgan fingerprint density at radius 1 is 1.14 bits per heavy atom. The first kappa shape index (κ1) is 20.9. The number of aromatic amines is 1. The molecule has 1 heterocycles. The van der Waals surface area contributed by atoms with Gasteiger partial charge in [-0.2, -0.15) is 0 Å². The number of carbonyl (C=O) groups is 2. The van der Waals surface area contributed by atoms with Crippen LogP contribution < -0.4 is 21.9 Å². The zero-order valence-electron chi connectivity index (χ0n) is 16.0. The Morgan fingerprint density at radius 3 is 2.48 bits per heavy atom. The van der Waals surface area contributed by atoms with Crippen molar-refractivity contribution in [1.82, 2.24) is 20.2 Å². The quantitative estimate of drug-likeness (QED) is 0.646. The van der Waals surface area contributed by atoms with Gasteiger partial charge in [-0.15, -0.1) is 0 Å². The highest BCUT2D eigenvalue weighted by atomic mass is 35.5. The van der Waals surface area contributed by atoms with Gasteiger partial charge in [-0.3, -0.25) is 23.9 Å². The molecule has 154 valence electrons. The van der Waals surface area contributed by atoms with E-state index in [0.717, 1.165) is 18.4 Å². The van der Waals surface area contributed by atoms with Crippen molar-refractivity contribution in [2.24, 2.45) is 0 Å². The van der Waals surface area contributed by atoms with Crippen molar-refractivity contribution in [3.05, 3.63) is 67.4 Å². The predicted molar refractivity (Wildman–Crippen MR) is 109 cm³/mol. The van der Waals surface area contributed by atoms with Crippen LogP contribution in [0.4, 0.5) is 0 Å². The van der Waals surface area contributed by atoms with Crippen LogP contribution in [-0.4, -0.2) is 33.4 Å². The topological polar surface area (TPSA) is 113 Å². The van der Waals surface area contributed by atoms with E-state index in [1.165, 1.54) is 10.8 Å².